The maximum atomic E-state index is 13.4. The number of rotatable bonds is 4. The molecule has 2 heterocycles. The molecule has 7 heteroatoms. The van der Waals surface area contributed by atoms with E-state index in [0.717, 1.165) is 41.1 Å². The molecule has 34 heavy (non-hydrogen) atoms. The fourth-order valence-corrected chi connectivity index (χ4v) is 4.92. The molecule has 0 amide bonds. The summed E-state index contributed by atoms with van der Waals surface area (Å²) in [6.07, 6.45) is 2.17. The minimum Gasteiger partial charge on any atom is -0.352 e. The predicted octanol–water partition coefficient (Wildman–Crippen LogP) is 6.50. The molecule has 1 atom stereocenters. The van der Waals surface area contributed by atoms with Crippen molar-refractivity contribution in [3.63, 3.8) is 0 Å². The van der Waals surface area contributed by atoms with Crippen molar-refractivity contribution in [3.05, 3.63) is 122 Å². The normalized spacial score (nSPS) is 19.6. The summed E-state index contributed by atoms with van der Waals surface area (Å²) in [7, 11) is 0. The Labute approximate surface area is 213 Å². The Morgan fingerprint density at radius 3 is 2.24 bits per heavy atom. The first-order valence-electron chi connectivity index (χ1n) is 10.9. The lowest BCUT2D eigenvalue weighted by atomic mass is 9.88. The van der Waals surface area contributed by atoms with E-state index in [1.165, 1.54) is 17.7 Å². The Morgan fingerprint density at radius 2 is 1.56 bits per heavy atom. The Morgan fingerprint density at radius 1 is 0.912 bits per heavy atom. The van der Waals surface area contributed by atoms with Gasteiger partial charge in [0.2, 0.25) is 0 Å². The highest BCUT2D eigenvalue weighted by Crippen LogP contribution is 2.35. The average molecular weight is 510 g/mol. The van der Waals surface area contributed by atoms with Crippen LogP contribution in [-0.2, 0) is 6.54 Å². The van der Waals surface area contributed by atoms with E-state index in [9.17, 15) is 4.39 Å². The number of nitrogens with one attached hydrogen (secondary N) is 2. The molecule has 0 bridgehead atoms. The lowest BCUT2D eigenvalue weighted by Gasteiger charge is -2.40. The Bertz CT molecular complexity index is 1270. The number of hydrogen-bond donors (Lipinski definition) is 2. The third kappa shape index (κ3) is 5.18. The third-order valence-electron chi connectivity index (χ3n) is 6.03. The monoisotopic (exact) mass is 509 g/mol. The first kappa shape index (κ1) is 23.1. The van der Waals surface area contributed by atoms with Crippen LogP contribution in [0.3, 0.4) is 0 Å². The van der Waals surface area contributed by atoms with Crippen molar-refractivity contribution < 1.29 is 4.39 Å². The van der Waals surface area contributed by atoms with Gasteiger partial charge in [-0.2, -0.15) is 0 Å². The minimum atomic E-state index is -0.229. The van der Waals surface area contributed by atoms with Crippen molar-refractivity contribution in [2.75, 3.05) is 13.1 Å². The molecule has 3 aromatic carbocycles. The molecule has 172 valence electrons. The maximum absolute atomic E-state index is 13.4. The van der Waals surface area contributed by atoms with Crippen LogP contribution in [0.1, 0.15) is 22.7 Å². The van der Waals surface area contributed by atoms with E-state index in [-0.39, 0.29) is 11.9 Å². The molecular formula is C27H22Cl2FN3S. The van der Waals surface area contributed by atoms with E-state index in [2.05, 4.69) is 21.6 Å². The molecular weight excluding hydrogens is 488 g/mol. The highest BCUT2D eigenvalue weighted by Gasteiger charge is 2.33. The van der Waals surface area contributed by atoms with Crippen LogP contribution in [0.5, 0.6) is 0 Å². The summed E-state index contributed by atoms with van der Waals surface area (Å²) < 4.78 is 13.4. The molecule has 0 aromatic heterocycles. The summed E-state index contributed by atoms with van der Waals surface area (Å²) >= 11 is 17.8. The second-order valence-corrected chi connectivity index (χ2v) is 9.76. The first-order chi connectivity index (χ1) is 16.4. The molecule has 2 aliphatic heterocycles. The van der Waals surface area contributed by atoms with Crippen molar-refractivity contribution >= 4 is 46.6 Å². The van der Waals surface area contributed by atoms with E-state index in [1.54, 1.807) is 0 Å². The lowest BCUT2D eigenvalue weighted by Crippen LogP contribution is -2.49. The van der Waals surface area contributed by atoms with E-state index in [0.29, 0.717) is 21.7 Å². The quantitative estimate of drug-likeness (QED) is 0.392. The largest absolute Gasteiger partial charge is 0.352 e. The van der Waals surface area contributed by atoms with E-state index >= 15 is 0 Å². The minimum absolute atomic E-state index is 0.0781. The van der Waals surface area contributed by atoms with Crippen molar-refractivity contribution in [2.24, 2.45) is 0 Å². The van der Waals surface area contributed by atoms with Crippen molar-refractivity contribution in [1.82, 2.24) is 15.5 Å². The number of halogens is 3. The van der Waals surface area contributed by atoms with Gasteiger partial charge in [-0.1, -0.05) is 59.6 Å². The summed E-state index contributed by atoms with van der Waals surface area (Å²) in [6.45, 7) is 2.16. The molecule has 3 nitrogen and oxygen atoms in total. The van der Waals surface area contributed by atoms with Gasteiger partial charge in [0.1, 0.15) is 5.82 Å². The fraction of sp³-hybridized carbons (Fsp3) is 0.148. The van der Waals surface area contributed by atoms with Crippen LogP contribution < -0.4 is 10.6 Å². The zero-order valence-corrected chi connectivity index (χ0v) is 20.5. The molecule has 0 fully saturated rings. The SMILES string of the molecule is Fc1ccc(CN2CC3=C(NC(=S)NC3c3ccc(Cl)cc3)/C(=C/c3ccc(Cl)cc3)C2)cc1. The smallest absolute Gasteiger partial charge is 0.171 e. The summed E-state index contributed by atoms with van der Waals surface area (Å²) in [6, 6.07) is 22.2. The van der Waals surface area contributed by atoms with E-state index in [1.807, 2.05) is 60.7 Å². The number of thiocarbonyl (C=S) groups is 1. The first-order valence-corrected chi connectivity index (χ1v) is 12.1. The Hall–Kier alpha value is -2.70. The molecule has 2 N–H and O–H groups in total. The Kier molecular flexibility index (Phi) is 6.70. The molecule has 1 unspecified atom stereocenters. The number of benzene rings is 3. The highest BCUT2D eigenvalue weighted by molar-refractivity contribution is 7.80. The average Bonchev–Trinajstić information content (AvgIpc) is 2.83. The molecule has 0 aliphatic carbocycles. The molecule has 0 radical (unpaired) electrons. The molecule has 0 saturated carbocycles. The number of hydrogen-bond acceptors (Lipinski definition) is 2. The van der Waals surface area contributed by atoms with Crippen LogP contribution in [0.15, 0.2) is 89.6 Å². The topological polar surface area (TPSA) is 27.3 Å². The van der Waals surface area contributed by atoms with Crippen LogP contribution in [0, 0.1) is 5.82 Å². The van der Waals surface area contributed by atoms with Gasteiger partial charge in [-0.05, 0) is 82.5 Å². The predicted molar refractivity (Wildman–Crippen MR) is 141 cm³/mol. The summed E-state index contributed by atoms with van der Waals surface area (Å²) in [5.74, 6) is -0.229. The summed E-state index contributed by atoms with van der Waals surface area (Å²) in [5, 5.41) is 8.83. The Balaban J connectivity index is 1.56. The van der Waals surface area contributed by atoms with Crippen molar-refractivity contribution in [1.29, 1.82) is 0 Å². The van der Waals surface area contributed by atoms with Gasteiger partial charge >= 0.3 is 0 Å². The van der Waals surface area contributed by atoms with Gasteiger partial charge in [-0.15, -0.1) is 0 Å². The molecule has 2 aliphatic rings. The molecule has 3 aromatic rings. The van der Waals surface area contributed by atoms with Gasteiger partial charge in [0.05, 0.1) is 6.04 Å². The number of nitrogens with zero attached hydrogens (tertiary/aromatic N) is 1. The fourth-order valence-electron chi connectivity index (χ4n) is 4.44. The highest BCUT2D eigenvalue weighted by atomic mass is 35.5. The van der Waals surface area contributed by atoms with Crippen LogP contribution in [-0.4, -0.2) is 23.1 Å². The molecule has 5 rings (SSSR count). The lowest BCUT2D eigenvalue weighted by molar-refractivity contribution is 0.292. The van der Waals surface area contributed by atoms with Gasteiger partial charge in [-0.3, -0.25) is 4.90 Å². The van der Waals surface area contributed by atoms with E-state index < -0.39 is 0 Å². The van der Waals surface area contributed by atoms with Crippen LogP contribution in [0.4, 0.5) is 4.39 Å². The summed E-state index contributed by atoms with van der Waals surface area (Å²) in [4.78, 5) is 2.36. The van der Waals surface area contributed by atoms with Gasteiger partial charge in [0.25, 0.3) is 0 Å². The van der Waals surface area contributed by atoms with Crippen LogP contribution >= 0.6 is 35.4 Å². The van der Waals surface area contributed by atoms with Crippen LogP contribution in [0.25, 0.3) is 6.08 Å². The third-order valence-corrected chi connectivity index (χ3v) is 6.75. The zero-order chi connectivity index (χ0) is 23.7. The van der Waals surface area contributed by atoms with Crippen molar-refractivity contribution in [3.8, 4) is 0 Å². The van der Waals surface area contributed by atoms with Gasteiger partial charge in [0.15, 0.2) is 5.11 Å². The molecule has 0 spiro atoms. The summed E-state index contributed by atoms with van der Waals surface area (Å²) in [5.41, 5.74) is 6.60. The maximum Gasteiger partial charge on any atom is 0.171 e. The standard InChI is InChI=1S/C27H22Cl2FN3S/c28-21-7-1-17(2-8-21)13-20-15-33(14-18-3-11-23(30)12-4-18)16-24-25(31-27(34)32-26(20)24)19-5-9-22(29)10-6-19/h1-13,25H,14-16H2,(H2,31,32,34)/b20-13+. The second kappa shape index (κ2) is 9.88. The van der Waals surface area contributed by atoms with Gasteiger partial charge < -0.3 is 10.6 Å². The molecule has 0 saturated heterocycles. The van der Waals surface area contributed by atoms with Gasteiger partial charge in [-0.25, -0.2) is 4.39 Å². The second-order valence-electron chi connectivity index (χ2n) is 8.48. The van der Waals surface area contributed by atoms with E-state index in [4.69, 9.17) is 35.4 Å². The zero-order valence-electron chi connectivity index (χ0n) is 18.2. The van der Waals surface area contributed by atoms with Crippen LogP contribution in [0.2, 0.25) is 10.0 Å². The van der Waals surface area contributed by atoms with Crippen molar-refractivity contribution in [2.45, 2.75) is 12.6 Å². The van der Waals surface area contributed by atoms with Gasteiger partial charge in [0, 0.05) is 35.4 Å².